The Hall–Kier alpha value is -2.08. The van der Waals surface area contributed by atoms with Gasteiger partial charge in [-0.2, -0.15) is 5.26 Å². The molecule has 1 aromatic carbocycles. The third kappa shape index (κ3) is 2.02. The average Bonchev–Trinajstić information content (AvgIpc) is 2.87. The minimum atomic E-state index is 0.387. The minimum absolute atomic E-state index is 0.387. The zero-order valence-corrected chi connectivity index (χ0v) is 10.2. The molecule has 3 heteroatoms. The summed E-state index contributed by atoms with van der Waals surface area (Å²) in [5.41, 5.74) is 4.94. The van der Waals surface area contributed by atoms with E-state index in [1.54, 1.807) is 6.20 Å². The van der Waals surface area contributed by atoms with Crippen LogP contribution in [0.5, 0.6) is 0 Å². The molecule has 90 valence electrons. The molecule has 3 rings (SSSR count). The molecule has 1 N–H and O–H groups in total. The van der Waals surface area contributed by atoms with Crippen LogP contribution in [0.3, 0.4) is 0 Å². The largest absolute Gasteiger partial charge is 0.341 e. The van der Waals surface area contributed by atoms with Crippen molar-refractivity contribution in [3.63, 3.8) is 0 Å². The second-order valence-electron chi connectivity index (χ2n) is 4.78. The van der Waals surface area contributed by atoms with Gasteiger partial charge in [0, 0.05) is 17.5 Å². The maximum absolute atomic E-state index is 8.66. The number of nitrogens with zero attached hydrogens (tertiary/aromatic N) is 2. The number of imidazole rings is 1. The van der Waals surface area contributed by atoms with Gasteiger partial charge < -0.3 is 4.98 Å². The van der Waals surface area contributed by atoms with E-state index in [0.29, 0.717) is 6.42 Å². The summed E-state index contributed by atoms with van der Waals surface area (Å²) >= 11 is 0. The molecule has 18 heavy (non-hydrogen) atoms. The molecule has 0 unspecified atom stereocenters. The van der Waals surface area contributed by atoms with Crippen molar-refractivity contribution in [1.82, 2.24) is 9.97 Å². The van der Waals surface area contributed by atoms with Gasteiger partial charge in [-0.05, 0) is 42.9 Å². The van der Waals surface area contributed by atoms with Gasteiger partial charge >= 0.3 is 0 Å². The number of nitriles is 1. The van der Waals surface area contributed by atoms with E-state index in [4.69, 9.17) is 5.26 Å². The monoisotopic (exact) mass is 237 g/mol. The molecule has 0 aliphatic heterocycles. The SMILES string of the molecule is N#CCc1cnc(-c2ccc3c(c2)CCCC3)[nH]1. The molecule has 0 atom stereocenters. The summed E-state index contributed by atoms with van der Waals surface area (Å²) in [5.74, 6) is 0.869. The molecule has 3 nitrogen and oxygen atoms in total. The van der Waals surface area contributed by atoms with E-state index in [9.17, 15) is 0 Å². The molecule has 0 fully saturated rings. The number of rotatable bonds is 2. The number of aryl methyl sites for hydroxylation is 2. The molecule has 0 spiro atoms. The van der Waals surface area contributed by atoms with Crippen molar-refractivity contribution in [3.8, 4) is 17.5 Å². The van der Waals surface area contributed by atoms with Gasteiger partial charge in [-0.3, -0.25) is 0 Å². The van der Waals surface area contributed by atoms with Crippen LogP contribution in [-0.4, -0.2) is 9.97 Å². The Morgan fingerprint density at radius 3 is 2.89 bits per heavy atom. The van der Waals surface area contributed by atoms with Gasteiger partial charge in [-0.25, -0.2) is 4.98 Å². The molecule has 2 aromatic rings. The number of nitrogens with one attached hydrogen (secondary N) is 1. The van der Waals surface area contributed by atoms with Crippen molar-refractivity contribution >= 4 is 0 Å². The third-order valence-electron chi connectivity index (χ3n) is 3.52. The molecule has 1 aliphatic rings. The summed E-state index contributed by atoms with van der Waals surface area (Å²) in [4.78, 5) is 7.55. The first-order valence-corrected chi connectivity index (χ1v) is 6.40. The van der Waals surface area contributed by atoms with E-state index in [1.165, 1.54) is 36.8 Å². The predicted molar refractivity (Wildman–Crippen MR) is 70.0 cm³/mol. The predicted octanol–water partition coefficient (Wildman–Crippen LogP) is 3.02. The Bertz CT molecular complexity index is 604. The molecular weight excluding hydrogens is 222 g/mol. The second kappa shape index (κ2) is 4.66. The fourth-order valence-electron chi connectivity index (χ4n) is 2.56. The normalized spacial score (nSPS) is 13.9. The lowest BCUT2D eigenvalue weighted by Gasteiger charge is -2.15. The Kier molecular flexibility index (Phi) is 2.85. The highest BCUT2D eigenvalue weighted by atomic mass is 14.9. The van der Waals surface area contributed by atoms with Crippen LogP contribution in [0.2, 0.25) is 0 Å². The summed E-state index contributed by atoms with van der Waals surface area (Å²) < 4.78 is 0. The standard InChI is InChI=1S/C15H15N3/c16-8-7-14-10-17-15(18-14)13-6-5-11-3-1-2-4-12(11)9-13/h5-6,9-10H,1-4,7H2,(H,17,18). The molecule has 0 amide bonds. The fourth-order valence-corrected chi connectivity index (χ4v) is 2.56. The van der Waals surface area contributed by atoms with E-state index in [2.05, 4.69) is 34.2 Å². The maximum atomic E-state index is 8.66. The highest BCUT2D eigenvalue weighted by molar-refractivity contribution is 5.58. The number of hydrogen-bond acceptors (Lipinski definition) is 2. The van der Waals surface area contributed by atoms with Crippen LogP contribution in [0.25, 0.3) is 11.4 Å². The molecular formula is C15H15N3. The lowest BCUT2D eigenvalue weighted by Crippen LogP contribution is -2.02. The minimum Gasteiger partial charge on any atom is -0.341 e. The Morgan fingerprint density at radius 1 is 1.22 bits per heavy atom. The first-order chi connectivity index (χ1) is 8.86. The van der Waals surface area contributed by atoms with Gasteiger partial charge in [0.25, 0.3) is 0 Å². The van der Waals surface area contributed by atoms with Crippen molar-refractivity contribution in [2.24, 2.45) is 0 Å². The van der Waals surface area contributed by atoms with Gasteiger partial charge in [0.2, 0.25) is 0 Å². The lowest BCUT2D eigenvalue weighted by atomic mass is 9.90. The number of hydrogen-bond donors (Lipinski definition) is 1. The highest BCUT2D eigenvalue weighted by Gasteiger charge is 2.11. The van der Waals surface area contributed by atoms with Crippen molar-refractivity contribution in [3.05, 3.63) is 41.2 Å². The van der Waals surface area contributed by atoms with Crippen molar-refractivity contribution < 1.29 is 0 Å². The van der Waals surface area contributed by atoms with Gasteiger partial charge in [-0.15, -0.1) is 0 Å². The van der Waals surface area contributed by atoms with Gasteiger partial charge in [-0.1, -0.05) is 12.1 Å². The zero-order chi connectivity index (χ0) is 12.4. The average molecular weight is 237 g/mol. The molecule has 1 heterocycles. The van der Waals surface area contributed by atoms with Crippen LogP contribution < -0.4 is 0 Å². The Labute approximate surface area is 106 Å². The van der Waals surface area contributed by atoms with Crippen LogP contribution in [0.1, 0.15) is 29.7 Å². The highest BCUT2D eigenvalue weighted by Crippen LogP contribution is 2.26. The summed E-state index contributed by atoms with van der Waals surface area (Å²) in [6, 6.07) is 8.71. The smallest absolute Gasteiger partial charge is 0.137 e. The lowest BCUT2D eigenvalue weighted by molar-refractivity contribution is 0.686. The fraction of sp³-hybridized carbons (Fsp3) is 0.333. The maximum Gasteiger partial charge on any atom is 0.137 e. The first kappa shape index (κ1) is 11.0. The van der Waals surface area contributed by atoms with E-state index in [1.807, 2.05) is 0 Å². The van der Waals surface area contributed by atoms with E-state index < -0.39 is 0 Å². The summed E-state index contributed by atoms with van der Waals surface area (Å²) in [7, 11) is 0. The summed E-state index contributed by atoms with van der Waals surface area (Å²) in [5, 5.41) is 8.66. The van der Waals surface area contributed by atoms with E-state index >= 15 is 0 Å². The number of benzene rings is 1. The van der Waals surface area contributed by atoms with Crippen LogP contribution in [-0.2, 0) is 19.3 Å². The Balaban J connectivity index is 1.93. The molecule has 0 saturated heterocycles. The van der Waals surface area contributed by atoms with Crippen LogP contribution in [0.15, 0.2) is 24.4 Å². The van der Waals surface area contributed by atoms with Crippen molar-refractivity contribution in [1.29, 1.82) is 5.26 Å². The third-order valence-corrected chi connectivity index (χ3v) is 3.52. The van der Waals surface area contributed by atoms with Gasteiger partial charge in [0.1, 0.15) is 5.82 Å². The van der Waals surface area contributed by atoms with Crippen LogP contribution >= 0.6 is 0 Å². The number of H-pyrrole nitrogens is 1. The van der Waals surface area contributed by atoms with E-state index in [0.717, 1.165) is 17.1 Å². The number of aromatic amines is 1. The number of fused-ring (bicyclic) bond motifs is 1. The molecule has 0 saturated carbocycles. The van der Waals surface area contributed by atoms with E-state index in [-0.39, 0.29) is 0 Å². The second-order valence-corrected chi connectivity index (χ2v) is 4.78. The summed E-state index contributed by atoms with van der Waals surface area (Å²) in [6.07, 6.45) is 7.10. The molecule has 1 aliphatic carbocycles. The summed E-state index contributed by atoms with van der Waals surface area (Å²) in [6.45, 7) is 0. The molecule has 0 bridgehead atoms. The van der Waals surface area contributed by atoms with Gasteiger partial charge in [0.15, 0.2) is 0 Å². The van der Waals surface area contributed by atoms with Crippen molar-refractivity contribution in [2.75, 3.05) is 0 Å². The van der Waals surface area contributed by atoms with Crippen LogP contribution in [0.4, 0.5) is 0 Å². The number of aromatic nitrogens is 2. The van der Waals surface area contributed by atoms with Gasteiger partial charge in [0.05, 0.1) is 12.5 Å². The van der Waals surface area contributed by atoms with Crippen molar-refractivity contribution in [2.45, 2.75) is 32.1 Å². The van der Waals surface area contributed by atoms with Crippen LogP contribution in [0, 0.1) is 11.3 Å². The Morgan fingerprint density at radius 2 is 2.06 bits per heavy atom. The quantitative estimate of drug-likeness (QED) is 0.872. The topological polar surface area (TPSA) is 52.5 Å². The molecule has 1 aromatic heterocycles. The molecule has 0 radical (unpaired) electrons. The first-order valence-electron chi connectivity index (χ1n) is 6.40. The zero-order valence-electron chi connectivity index (χ0n) is 10.2.